The van der Waals surface area contributed by atoms with Gasteiger partial charge in [-0.15, -0.1) is 0 Å². The molecule has 2 aromatic heterocycles. The first-order valence-electron chi connectivity index (χ1n) is 6.23. The van der Waals surface area contributed by atoms with Gasteiger partial charge in [-0.2, -0.15) is 17.9 Å². The maximum Gasteiger partial charge on any atom is 0.359 e. The summed E-state index contributed by atoms with van der Waals surface area (Å²) in [5, 5.41) is 4.55. The Morgan fingerprint density at radius 1 is 1.57 bits per heavy atom. The van der Waals surface area contributed by atoms with E-state index in [1.165, 1.54) is 11.6 Å². The first-order valence-corrected chi connectivity index (χ1v) is 8.55. The number of carbonyl (C=O) groups is 1. The summed E-state index contributed by atoms with van der Waals surface area (Å²) < 4.78 is 61.7. The summed E-state index contributed by atoms with van der Waals surface area (Å²) >= 11 is 0.863. The van der Waals surface area contributed by atoms with E-state index in [1.54, 1.807) is 0 Å². The van der Waals surface area contributed by atoms with Crippen LogP contribution in [0.4, 0.5) is 14.5 Å². The lowest BCUT2D eigenvalue weighted by Crippen LogP contribution is -2.16. The van der Waals surface area contributed by atoms with Crippen LogP contribution in [0.5, 0.6) is 0 Å². The molecule has 0 spiro atoms. The number of aromatic nitrogens is 3. The van der Waals surface area contributed by atoms with Crippen LogP contribution in [0.15, 0.2) is 22.7 Å². The summed E-state index contributed by atoms with van der Waals surface area (Å²) in [6, 6.07) is -0.0196. The second-order valence-electron chi connectivity index (χ2n) is 4.79. The summed E-state index contributed by atoms with van der Waals surface area (Å²) in [5.41, 5.74) is -0.248. The summed E-state index contributed by atoms with van der Waals surface area (Å²) in [7, 11) is -3.00. The molecule has 0 aliphatic heterocycles. The number of halogens is 2. The van der Waals surface area contributed by atoms with Gasteiger partial charge in [-0.3, -0.25) is 9.40 Å². The molecule has 1 N–H and O–H groups in total. The monoisotopic (exact) mass is 364 g/mol. The molecule has 124 valence electrons. The number of nitrogens with one attached hydrogen (secondary N) is 1. The summed E-state index contributed by atoms with van der Waals surface area (Å²) in [6.07, 6.45) is 0.801. The molecule has 2 aromatic rings. The predicted octanol–water partition coefficient (Wildman–Crippen LogP) is 1.51. The number of sulfonamides is 1. The minimum Gasteiger partial charge on any atom is -0.464 e. The van der Waals surface area contributed by atoms with Gasteiger partial charge >= 0.3 is 5.97 Å². The molecule has 1 unspecified atom stereocenters. The van der Waals surface area contributed by atoms with Crippen molar-refractivity contribution in [2.45, 2.75) is 23.4 Å². The molecular formula is C11H10F2N4O4S2. The third kappa shape index (κ3) is 2.91. The molecule has 0 radical (unpaired) electrons. The van der Waals surface area contributed by atoms with Crippen molar-refractivity contribution in [1.82, 2.24) is 14.2 Å². The summed E-state index contributed by atoms with van der Waals surface area (Å²) in [6.45, 7) is 0. The standard InChI is InChI=1S/C11H10F2N4O4S2/c1-21-10(18)9-6(5-22-15-9)16-23(19,20)8-2-3-17(14-8)7-4-11(7,12)13/h2-3,5,7,16H,4H2,1H3. The van der Waals surface area contributed by atoms with Gasteiger partial charge in [0.15, 0.2) is 10.7 Å². The zero-order valence-electron chi connectivity index (χ0n) is 11.6. The molecule has 12 heteroatoms. The van der Waals surface area contributed by atoms with Gasteiger partial charge in [-0.05, 0) is 17.6 Å². The van der Waals surface area contributed by atoms with E-state index in [-0.39, 0.29) is 17.8 Å². The predicted molar refractivity (Wildman–Crippen MR) is 75.1 cm³/mol. The van der Waals surface area contributed by atoms with Crippen molar-refractivity contribution in [2.75, 3.05) is 11.8 Å². The summed E-state index contributed by atoms with van der Waals surface area (Å²) in [5.74, 6) is -3.66. The molecule has 8 nitrogen and oxygen atoms in total. The Kier molecular flexibility index (Phi) is 3.59. The smallest absolute Gasteiger partial charge is 0.359 e. The molecule has 0 bridgehead atoms. The molecule has 0 aromatic carbocycles. The van der Waals surface area contributed by atoms with E-state index in [4.69, 9.17) is 0 Å². The van der Waals surface area contributed by atoms with Crippen molar-refractivity contribution in [3.05, 3.63) is 23.3 Å². The van der Waals surface area contributed by atoms with E-state index in [9.17, 15) is 22.0 Å². The van der Waals surface area contributed by atoms with E-state index < -0.39 is 33.0 Å². The topological polar surface area (TPSA) is 103 Å². The molecule has 23 heavy (non-hydrogen) atoms. The molecule has 0 amide bonds. The minimum absolute atomic E-state index is 0.0619. The molecular weight excluding hydrogens is 354 g/mol. The largest absolute Gasteiger partial charge is 0.464 e. The van der Waals surface area contributed by atoms with E-state index in [0.717, 1.165) is 29.4 Å². The Morgan fingerprint density at radius 3 is 2.87 bits per heavy atom. The van der Waals surface area contributed by atoms with Gasteiger partial charge in [0.1, 0.15) is 6.04 Å². The van der Waals surface area contributed by atoms with E-state index in [2.05, 4.69) is 18.9 Å². The van der Waals surface area contributed by atoms with Crippen LogP contribution in [0.25, 0.3) is 0 Å². The van der Waals surface area contributed by atoms with Gasteiger partial charge in [-0.25, -0.2) is 13.6 Å². The van der Waals surface area contributed by atoms with E-state index in [0.29, 0.717) is 0 Å². The maximum atomic E-state index is 13.0. The Morgan fingerprint density at radius 2 is 2.26 bits per heavy atom. The fourth-order valence-electron chi connectivity index (χ4n) is 1.87. The third-order valence-corrected chi connectivity index (χ3v) is 5.05. The highest BCUT2D eigenvalue weighted by atomic mass is 32.2. The van der Waals surface area contributed by atoms with Crippen LogP contribution in [-0.4, -0.2) is 41.6 Å². The first kappa shape index (κ1) is 15.8. The normalized spacial score (nSPS) is 19.3. The number of methoxy groups -OCH3 is 1. The fraction of sp³-hybridized carbons (Fsp3) is 0.364. The second-order valence-corrected chi connectivity index (χ2v) is 7.05. The molecule has 1 saturated carbocycles. The number of hydrogen-bond acceptors (Lipinski definition) is 7. The molecule has 1 aliphatic rings. The van der Waals surface area contributed by atoms with Gasteiger partial charge in [0.05, 0.1) is 12.8 Å². The maximum absolute atomic E-state index is 13.0. The number of alkyl halides is 2. The van der Waals surface area contributed by atoms with Crippen LogP contribution in [0.3, 0.4) is 0 Å². The second kappa shape index (κ2) is 5.23. The van der Waals surface area contributed by atoms with E-state index >= 15 is 0 Å². The number of rotatable bonds is 5. The lowest BCUT2D eigenvalue weighted by atomic mass is 10.4. The van der Waals surface area contributed by atoms with E-state index in [1.807, 2.05) is 0 Å². The van der Waals surface area contributed by atoms with Crippen LogP contribution in [0, 0.1) is 0 Å². The zero-order valence-corrected chi connectivity index (χ0v) is 13.2. The Hall–Kier alpha value is -2.08. The van der Waals surface area contributed by atoms with Crippen LogP contribution in [0.1, 0.15) is 23.0 Å². The fourth-order valence-corrected chi connectivity index (χ4v) is 3.55. The van der Waals surface area contributed by atoms with Gasteiger partial charge in [0.25, 0.3) is 15.9 Å². The van der Waals surface area contributed by atoms with Crippen LogP contribution >= 0.6 is 11.5 Å². The Bertz CT molecular complexity index is 861. The van der Waals surface area contributed by atoms with Gasteiger partial charge in [0.2, 0.25) is 0 Å². The third-order valence-electron chi connectivity index (χ3n) is 3.16. The number of esters is 1. The van der Waals surface area contributed by atoms with Crippen molar-refractivity contribution in [3.8, 4) is 0 Å². The SMILES string of the molecule is COC(=O)c1nscc1NS(=O)(=O)c1ccn(C2CC2(F)F)n1. The first-order chi connectivity index (χ1) is 10.7. The number of carbonyl (C=O) groups excluding carboxylic acids is 1. The van der Waals surface area contributed by atoms with Crippen molar-refractivity contribution in [1.29, 1.82) is 0 Å². The number of ether oxygens (including phenoxy) is 1. The highest BCUT2D eigenvalue weighted by molar-refractivity contribution is 7.92. The van der Waals surface area contributed by atoms with Crippen LogP contribution < -0.4 is 4.72 Å². The molecule has 0 saturated heterocycles. The lowest BCUT2D eigenvalue weighted by molar-refractivity contribution is 0.0596. The number of nitrogens with zero attached hydrogens (tertiary/aromatic N) is 3. The highest BCUT2D eigenvalue weighted by Crippen LogP contribution is 2.52. The lowest BCUT2D eigenvalue weighted by Gasteiger charge is -2.05. The quantitative estimate of drug-likeness (QED) is 0.807. The average Bonchev–Trinajstić information content (AvgIpc) is 2.93. The summed E-state index contributed by atoms with van der Waals surface area (Å²) in [4.78, 5) is 11.5. The Labute approximate surface area is 133 Å². The highest BCUT2D eigenvalue weighted by Gasteiger charge is 2.59. The van der Waals surface area contributed by atoms with Crippen molar-refractivity contribution >= 4 is 33.2 Å². The van der Waals surface area contributed by atoms with Crippen LogP contribution in [0.2, 0.25) is 0 Å². The number of anilines is 1. The zero-order chi connectivity index (χ0) is 16.8. The average molecular weight is 364 g/mol. The van der Waals surface area contributed by atoms with Gasteiger partial charge < -0.3 is 4.74 Å². The van der Waals surface area contributed by atoms with Crippen molar-refractivity contribution in [3.63, 3.8) is 0 Å². The van der Waals surface area contributed by atoms with Crippen molar-refractivity contribution < 1.29 is 26.7 Å². The molecule has 3 rings (SSSR count). The molecule has 1 fully saturated rings. The number of hydrogen-bond donors (Lipinski definition) is 1. The van der Waals surface area contributed by atoms with Gasteiger partial charge in [0, 0.05) is 18.0 Å². The van der Waals surface area contributed by atoms with Crippen LogP contribution in [-0.2, 0) is 14.8 Å². The Balaban J connectivity index is 1.83. The van der Waals surface area contributed by atoms with Crippen molar-refractivity contribution in [2.24, 2.45) is 0 Å². The minimum atomic E-state index is -4.14. The molecule has 2 heterocycles. The molecule has 1 atom stereocenters. The molecule has 1 aliphatic carbocycles. The van der Waals surface area contributed by atoms with Gasteiger partial charge in [-0.1, -0.05) is 0 Å².